The lowest BCUT2D eigenvalue weighted by atomic mass is 10.2. The van der Waals surface area contributed by atoms with Crippen LogP contribution in [0.3, 0.4) is 0 Å². The average Bonchev–Trinajstić information content (AvgIpc) is 2.36. The Hall–Kier alpha value is -1.25. The van der Waals surface area contributed by atoms with Crippen molar-refractivity contribution in [2.24, 2.45) is 0 Å². The van der Waals surface area contributed by atoms with Gasteiger partial charge in [-0.2, -0.15) is 0 Å². The molecule has 0 aliphatic heterocycles. The standard InChI is InChI=1S/C14H13Cl2NO/c1-9-6-12(3-4-13(9)16)18-14-10(2)5-11(7-15)8-17-14/h3-6,8H,7H2,1-2H3. The highest BCUT2D eigenvalue weighted by atomic mass is 35.5. The van der Waals surface area contributed by atoms with E-state index in [4.69, 9.17) is 27.9 Å². The third-order valence-electron chi connectivity index (χ3n) is 2.59. The van der Waals surface area contributed by atoms with Crippen molar-refractivity contribution in [1.82, 2.24) is 4.98 Å². The number of rotatable bonds is 3. The number of pyridine rings is 1. The molecule has 0 atom stereocenters. The monoisotopic (exact) mass is 281 g/mol. The average molecular weight is 282 g/mol. The van der Waals surface area contributed by atoms with Crippen LogP contribution in [0.25, 0.3) is 0 Å². The zero-order valence-electron chi connectivity index (χ0n) is 10.2. The van der Waals surface area contributed by atoms with E-state index in [1.165, 1.54) is 0 Å². The number of ether oxygens (including phenoxy) is 1. The first-order valence-corrected chi connectivity index (χ1v) is 6.47. The molecule has 0 saturated carbocycles. The van der Waals surface area contributed by atoms with E-state index in [1.54, 1.807) is 6.20 Å². The molecule has 4 heteroatoms. The minimum Gasteiger partial charge on any atom is -0.439 e. The molecular formula is C14H13Cl2NO. The Morgan fingerprint density at radius 3 is 2.56 bits per heavy atom. The molecule has 0 saturated heterocycles. The lowest BCUT2D eigenvalue weighted by Crippen LogP contribution is -1.93. The molecule has 0 fully saturated rings. The number of hydrogen-bond acceptors (Lipinski definition) is 2. The first-order chi connectivity index (χ1) is 8.60. The highest BCUT2D eigenvalue weighted by Gasteiger charge is 2.05. The molecule has 2 rings (SSSR count). The van der Waals surface area contributed by atoms with Gasteiger partial charge in [-0.15, -0.1) is 11.6 Å². The molecule has 18 heavy (non-hydrogen) atoms. The van der Waals surface area contributed by atoms with E-state index < -0.39 is 0 Å². The number of aryl methyl sites for hydroxylation is 2. The Morgan fingerprint density at radius 2 is 1.94 bits per heavy atom. The number of benzene rings is 1. The van der Waals surface area contributed by atoms with Gasteiger partial charge in [-0.05, 0) is 49.2 Å². The largest absolute Gasteiger partial charge is 0.439 e. The van der Waals surface area contributed by atoms with Gasteiger partial charge in [0.1, 0.15) is 5.75 Å². The van der Waals surface area contributed by atoms with Crippen LogP contribution < -0.4 is 4.74 Å². The quantitative estimate of drug-likeness (QED) is 0.748. The summed E-state index contributed by atoms with van der Waals surface area (Å²) in [6.07, 6.45) is 1.72. The topological polar surface area (TPSA) is 22.1 Å². The number of aromatic nitrogens is 1. The Morgan fingerprint density at radius 1 is 1.17 bits per heavy atom. The van der Waals surface area contributed by atoms with Crippen molar-refractivity contribution < 1.29 is 4.74 Å². The summed E-state index contributed by atoms with van der Waals surface area (Å²) < 4.78 is 5.73. The van der Waals surface area contributed by atoms with E-state index in [1.807, 2.05) is 38.1 Å². The van der Waals surface area contributed by atoms with Crippen LogP contribution in [0.5, 0.6) is 11.6 Å². The fraction of sp³-hybridized carbons (Fsp3) is 0.214. The Balaban J connectivity index is 2.25. The lowest BCUT2D eigenvalue weighted by Gasteiger charge is -2.09. The molecule has 1 heterocycles. The maximum absolute atomic E-state index is 5.97. The van der Waals surface area contributed by atoms with Crippen molar-refractivity contribution in [3.05, 3.63) is 52.2 Å². The molecule has 0 spiro atoms. The second kappa shape index (κ2) is 5.59. The summed E-state index contributed by atoms with van der Waals surface area (Å²) in [5.74, 6) is 1.77. The van der Waals surface area contributed by atoms with Gasteiger partial charge in [-0.25, -0.2) is 4.98 Å². The van der Waals surface area contributed by atoms with Gasteiger partial charge in [0.05, 0.1) is 0 Å². The Bertz CT molecular complexity index is 570. The minimum absolute atomic E-state index is 0.453. The number of nitrogens with zero attached hydrogens (tertiary/aromatic N) is 1. The Labute approximate surface area is 117 Å². The summed E-state index contributed by atoms with van der Waals surface area (Å²) in [6.45, 7) is 3.88. The van der Waals surface area contributed by atoms with Gasteiger partial charge in [0.15, 0.2) is 0 Å². The molecule has 0 radical (unpaired) electrons. The zero-order chi connectivity index (χ0) is 13.1. The Kier molecular flexibility index (Phi) is 4.10. The van der Waals surface area contributed by atoms with E-state index in [2.05, 4.69) is 4.98 Å². The maximum Gasteiger partial charge on any atom is 0.222 e. The summed E-state index contributed by atoms with van der Waals surface area (Å²) >= 11 is 11.7. The lowest BCUT2D eigenvalue weighted by molar-refractivity contribution is 0.458. The predicted molar refractivity (Wildman–Crippen MR) is 74.8 cm³/mol. The van der Waals surface area contributed by atoms with E-state index >= 15 is 0 Å². The van der Waals surface area contributed by atoms with E-state index in [-0.39, 0.29) is 0 Å². The second-order valence-corrected chi connectivity index (χ2v) is 4.79. The molecule has 2 nitrogen and oxygen atoms in total. The molecule has 0 unspecified atom stereocenters. The molecule has 1 aromatic heterocycles. The molecule has 0 aliphatic rings. The van der Waals surface area contributed by atoms with Gasteiger partial charge in [0.25, 0.3) is 0 Å². The van der Waals surface area contributed by atoms with Crippen LogP contribution >= 0.6 is 23.2 Å². The van der Waals surface area contributed by atoms with Crippen LogP contribution in [0, 0.1) is 13.8 Å². The van der Waals surface area contributed by atoms with Crippen LogP contribution in [-0.2, 0) is 5.88 Å². The number of hydrogen-bond donors (Lipinski definition) is 0. The van der Waals surface area contributed by atoms with Gasteiger partial charge in [0.2, 0.25) is 5.88 Å². The zero-order valence-corrected chi connectivity index (χ0v) is 11.7. The fourth-order valence-electron chi connectivity index (χ4n) is 1.59. The van der Waals surface area contributed by atoms with Crippen LogP contribution in [0.1, 0.15) is 16.7 Å². The van der Waals surface area contributed by atoms with Crippen LogP contribution in [-0.4, -0.2) is 4.98 Å². The van der Waals surface area contributed by atoms with Gasteiger partial charge >= 0.3 is 0 Å². The normalized spacial score (nSPS) is 10.4. The van der Waals surface area contributed by atoms with Gasteiger partial charge in [-0.1, -0.05) is 11.6 Å². The summed E-state index contributed by atoms with van der Waals surface area (Å²) in [7, 11) is 0. The fourth-order valence-corrected chi connectivity index (χ4v) is 1.86. The third-order valence-corrected chi connectivity index (χ3v) is 3.32. The molecule has 0 bridgehead atoms. The summed E-state index contributed by atoms with van der Waals surface area (Å²) in [4.78, 5) is 4.26. The molecule has 0 N–H and O–H groups in total. The number of halogens is 2. The first-order valence-electron chi connectivity index (χ1n) is 5.55. The minimum atomic E-state index is 0.453. The first kappa shape index (κ1) is 13.2. The summed E-state index contributed by atoms with van der Waals surface area (Å²) in [5, 5.41) is 0.726. The van der Waals surface area contributed by atoms with Crippen molar-refractivity contribution in [3.8, 4) is 11.6 Å². The van der Waals surface area contributed by atoms with Crippen LogP contribution in [0.4, 0.5) is 0 Å². The highest BCUT2D eigenvalue weighted by Crippen LogP contribution is 2.27. The van der Waals surface area contributed by atoms with E-state index in [9.17, 15) is 0 Å². The van der Waals surface area contributed by atoms with Gasteiger partial charge < -0.3 is 4.74 Å². The van der Waals surface area contributed by atoms with Crippen molar-refractivity contribution >= 4 is 23.2 Å². The van der Waals surface area contributed by atoms with Gasteiger partial charge in [0, 0.05) is 22.7 Å². The molecule has 1 aromatic carbocycles. The second-order valence-electron chi connectivity index (χ2n) is 4.11. The predicted octanol–water partition coefficient (Wildman–Crippen LogP) is 4.88. The van der Waals surface area contributed by atoms with E-state index in [0.717, 1.165) is 27.5 Å². The SMILES string of the molecule is Cc1cc(Oc2ncc(CCl)cc2C)ccc1Cl. The number of alkyl halides is 1. The van der Waals surface area contributed by atoms with Gasteiger partial charge in [-0.3, -0.25) is 0 Å². The highest BCUT2D eigenvalue weighted by molar-refractivity contribution is 6.31. The summed E-state index contributed by atoms with van der Waals surface area (Å²) in [5.41, 5.74) is 2.92. The van der Waals surface area contributed by atoms with Crippen molar-refractivity contribution in [2.75, 3.05) is 0 Å². The van der Waals surface area contributed by atoms with Crippen molar-refractivity contribution in [1.29, 1.82) is 0 Å². The van der Waals surface area contributed by atoms with Crippen LogP contribution in [0.15, 0.2) is 30.5 Å². The smallest absolute Gasteiger partial charge is 0.222 e. The third kappa shape index (κ3) is 2.95. The molecule has 94 valence electrons. The maximum atomic E-state index is 5.97. The van der Waals surface area contributed by atoms with Crippen molar-refractivity contribution in [3.63, 3.8) is 0 Å². The summed E-state index contributed by atoms with van der Waals surface area (Å²) in [6, 6.07) is 7.50. The van der Waals surface area contributed by atoms with E-state index in [0.29, 0.717) is 11.8 Å². The van der Waals surface area contributed by atoms with Crippen LogP contribution in [0.2, 0.25) is 5.02 Å². The molecule has 2 aromatic rings. The van der Waals surface area contributed by atoms with Crippen molar-refractivity contribution in [2.45, 2.75) is 19.7 Å². The molecule has 0 aliphatic carbocycles. The molecule has 0 amide bonds. The molecular weight excluding hydrogens is 269 g/mol.